The zero-order valence-corrected chi connectivity index (χ0v) is 12.9. The maximum atomic E-state index is 12.0. The Morgan fingerprint density at radius 3 is 2.86 bits per heavy atom. The van der Waals surface area contributed by atoms with Crippen LogP contribution in [0.2, 0.25) is 0 Å². The topological polar surface area (TPSA) is 57.6 Å². The summed E-state index contributed by atoms with van der Waals surface area (Å²) in [6.07, 6.45) is 1.42. The lowest BCUT2D eigenvalue weighted by molar-refractivity contribution is -0.136. The molecule has 0 spiro atoms. The summed E-state index contributed by atoms with van der Waals surface area (Å²) in [5, 5.41) is 8.67. The van der Waals surface area contributed by atoms with Crippen molar-refractivity contribution in [1.82, 2.24) is 0 Å². The van der Waals surface area contributed by atoms with Crippen LogP contribution in [0.25, 0.3) is 0 Å². The third-order valence-corrected chi connectivity index (χ3v) is 4.26. The lowest BCUT2D eigenvalue weighted by Crippen LogP contribution is -2.36. The van der Waals surface area contributed by atoms with Gasteiger partial charge in [-0.2, -0.15) is 0 Å². The lowest BCUT2D eigenvalue weighted by atomic mass is 10.0. The first-order valence-electron chi connectivity index (χ1n) is 6.89. The fraction of sp³-hybridized carbons (Fsp3) is 0.375. The van der Waals surface area contributed by atoms with E-state index < -0.39 is 5.97 Å². The van der Waals surface area contributed by atoms with Gasteiger partial charge in [0.2, 0.25) is 5.91 Å². The number of anilines is 1. The van der Waals surface area contributed by atoms with Gasteiger partial charge in [0.15, 0.2) is 0 Å². The van der Waals surface area contributed by atoms with Crippen molar-refractivity contribution in [2.75, 3.05) is 17.2 Å². The average molecular weight is 305 g/mol. The predicted molar refractivity (Wildman–Crippen MR) is 84.9 cm³/mol. The Labute approximate surface area is 128 Å². The van der Waals surface area contributed by atoms with Crippen LogP contribution in [-0.4, -0.2) is 29.3 Å². The number of rotatable bonds is 6. The third kappa shape index (κ3) is 4.11. The van der Waals surface area contributed by atoms with Crippen LogP contribution in [0.1, 0.15) is 25.3 Å². The van der Waals surface area contributed by atoms with Crippen LogP contribution in [0.3, 0.4) is 0 Å². The third-order valence-electron chi connectivity index (χ3n) is 3.26. The molecular formula is C16H19NO3S. The Morgan fingerprint density at radius 1 is 1.43 bits per heavy atom. The summed E-state index contributed by atoms with van der Waals surface area (Å²) in [5.74, 6) is -0.0850. The first-order chi connectivity index (χ1) is 9.97. The number of fused-ring (bicyclic) bond motifs is 1. The van der Waals surface area contributed by atoms with Gasteiger partial charge < -0.3 is 10.0 Å². The van der Waals surface area contributed by atoms with E-state index in [2.05, 4.69) is 12.6 Å². The molecule has 0 radical (unpaired) electrons. The maximum Gasteiger partial charge on any atom is 0.304 e. The number of thioether (sulfide) groups is 1. The zero-order chi connectivity index (χ0) is 15.4. The van der Waals surface area contributed by atoms with Crippen molar-refractivity contribution in [3.8, 4) is 0 Å². The summed E-state index contributed by atoms with van der Waals surface area (Å²) in [6, 6.07) is 5.98. The van der Waals surface area contributed by atoms with Crippen molar-refractivity contribution in [2.45, 2.75) is 31.1 Å². The molecule has 0 unspecified atom stereocenters. The van der Waals surface area contributed by atoms with E-state index in [0.29, 0.717) is 18.7 Å². The number of carboxylic acids is 1. The number of nitrogens with zero attached hydrogens (tertiary/aromatic N) is 1. The molecule has 0 aliphatic carbocycles. The summed E-state index contributed by atoms with van der Waals surface area (Å²) in [4.78, 5) is 25.4. The molecule has 0 bridgehead atoms. The molecule has 0 aromatic heterocycles. The van der Waals surface area contributed by atoms with E-state index in [1.54, 1.807) is 4.90 Å². The second kappa shape index (κ2) is 6.80. The Kier molecular flexibility index (Phi) is 5.07. The van der Waals surface area contributed by atoms with Gasteiger partial charge in [0.25, 0.3) is 0 Å². The predicted octanol–water partition coefficient (Wildman–Crippen LogP) is 3.11. The molecule has 0 saturated carbocycles. The number of aliphatic carboxylic acids is 1. The van der Waals surface area contributed by atoms with E-state index in [-0.39, 0.29) is 12.3 Å². The van der Waals surface area contributed by atoms with Crippen LogP contribution in [-0.2, 0) is 16.0 Å². The molecule has 5 heteroatoms. The molecule has 1 aliphatic rings. The van der Waals surface area contributed by atoms with Crippen LogP contribution in [0.15, 0.2) is 35.2 Å². The monoisotopic (exact) mass is 305 g/mol. The Morgan fingerprint density at radius 2 is 2.19 bits per heavy atom. The lowest BCUT2D eigenvalue weighted by Gasteiger charge is -2.30. The number of carboxylic acid groups (broad SMARTS) is 1. The van der Waals surface area contributed by atoms with Gasteiger partial charge in [-0.05, 0) is 37.1 Å². The van der Waals surface area contributed by atoms with Gasteiger partial charge in [0, 0.05) is 29.3 Å². The molecule has 21 heavy (non-hydrogen) atoms. The molecule has 1 aromatic carbocycles. The van der Waals surface area contributed by atoms with Crippen molar-refractivity contribution >= 4 is 29.3 Å². The van der Waals surface area contributed by atoms with Gasteiger partial charge in [-0.25, -0.2) is 0 Å². The van der Waals surface area contributed by atoms with Gasteiger partial charge in [0.05, 0.1) is 6.42 Å². The summed E-state index contributed by atoms with van der Waals surface area (Å²) >= 11 is 1.54. The van der Waals surface area contributed by atoms with Crippen LogP contribution in [0, 0.1) is 0 Å². The highest BCUT2D eigenvalue weighted by Gasteiger charge is 2.24. The molecule has 2 rings (SSSR count). The zero-order valence-electron chi connectivity index (χ0n) is 12.1. The van der Waals surface area contributed by atoms with Gasteiger partial charge >= 0.3 is 5.97 Å². The number of aryl methyl sites for hydroxylation is 1. The Balaban J connectivity index is 2.14. The van der Waals surface area contributed by atoms with E-state index in [4.69, 9.17) is 5.11 Å². The largest absolute Gasteiger partial charge is 0.481 e. The van der Waals surface area contributed by atoms with Crippen LogP contribution in [0.5, 0.6) is 0 Å². The van der Waals surface area contributed by atoms with Crippen LogP contribution in [0.4, 0.5) is 5.69 Å². The van der Waals surface area contributed by atoms with Crippen molar-refractivity contribution < 1.29 is 14.7 Å². The van der Waals surface area contributed by atoms with Crippen molar-refractivity contribution in [3.63, 3.8) is 0 Å². The summed E-state index contributed by atoms with van der Waals surface area (Å²) < 4.78 is 0. The molecule has 1 amide bonds. The maximum absolute atomic E-state index is 12.0. The molecule has 1 aromatic rings. The summed E-state index contributed by atoms with van der Waals surface area (Å²) in [6.45, 7) is 6.34. The SMILES string of the molecule is C=C(C)CN1C(=O)CCc2cc(SCCC(=O)O)ccc21. The second-order valence-electron chi connectivity index (χ2n) is 5.22. The molecule has 1 aliphatic heterocycles. The first-order valence-corrected chi connectivity index (χ1v) is 7.88. The quantitative estimate of drug-likeness (QED) is 0.648. The highest BCUT2D eigenvalue weighted by atomic mass is 32.2. The summed E-state index contributed by atoms with van der Waals surface area (Å²) in [5.41, 5.74) is 3.06. The standard InChI is InChI=1S/C16H19NO3S/c1-11(2)10-17-14-5-4-13(21-8-7-16(19)20)9-12(14)3-6-15(17)18/h4-5,9H,1,3,6-8,10H2,2H3,(H,19,20). The molecule has 0 fully saturated rings. The van der Waals surface area contributed by atoms with Crippen LogP contribution < -0.4 is 4.90 Å². The smallest absolute Gasteiger partial charge is 0.304 e. The molecule has 1 heterocycles. The molecule has 112 valence electrons. The minimum atomic E-state index is -0.779. The number of hydrogen-bond acceptors (Lipinski definition) is 3. The molecule has 0 atom stereocenters. The van der Waals surface area contributed by atoms with Gasteiger partial charge in [-0.1, -0.05) is 12.2 Å². The van der Waals surface area contributed by atoms with Crippen molar-refractivity contribution in [3.05, 3.63) is 35.9 Å². The van der Waals surface area contributed by atoms with E-state index >= 15 is 0 Å². The molecular weight excluding hydrogens is 286 g/mol. The van der Waals surface area contributed by atoms with E-state index in [0.717, 1.165) is 28.1 Å². The minimum Gasteiger partial charge on any atom is -0.481 e. The molecule has 4 nitrogen and oxygen atoms in total. The fourth-order valence-electron chi connectivity index (χ4n) is 2.33. The number of carbonyl (C=O) groups excluding carboxylic acids is 1. The van der Waals surface area contributed by atoms with Crippen molar-refractivity contribution in [2.24, 2.45) is 0 Å². The van der Waals surface area contributed by atoms with Gasteiger partial charge in [-0.3, -0.25) is 9.59 Å². The first kappa shape index (κ1) is 15.6. The number of carbonyl (C=O) groups is 2. The van der Waals surface area contributed by atoms with Gasteiger partial charge in [-0.15, -0.1) is 11.8 Å². The van der Waals surface area contributed by atoms with E-state index in [1.165, 1.54) is 11.8 Å². The van der Waals surface area contributed by atoms with E-state index in [1.807, 2.05) is 19.1 Å². The fourth-order valence-corrected chi connectivity index (χ4v) is 3.23. The van der Waals surface area contributed by atoms with E-state index in [9.17, 15) is 9.59 Å². The minimum absolute atomic E-state index is 0.136. The second-order valence-corrected chi connectivity index (χ2v) is 6.39. The molecule has 1 N–H and O–H groups in total. The number of amides is 1. The van der Waals surface area contributed by atoms with Gasteiger partial charge in [0.1, 0.15) is 0 Å². The summed E-state index contributed by atoms with van der Waals surface area (Å²) in [7, 11) is 0. The number of hydrogen-bond donors (Lipinski definition) is 1. The van der Waals surface area contributed by atoms with Crippen LogP contribution >= 0.6 is 11.8 Å². The highest BCUT2D eigenvalue weighted by molar-refractivity contribution is 7.99. The average Bonchev–Trinajstić information content (AvgIpc) is 2.41. The normalized spacial score (nSPS) is 14.0. The Hall–Kier alpha value is -1.75. The number of benzene rings is 1. The molecule has 0 saturated heterocycles. The highest BCUT2D eigenvalue weighted by Crippen LogP contribution is 2.32. The Bertz CT molecular complexity index is 583. The van der Waals surface area contributed by atoms with Crippen molar-refractivity contribution in [1.29, 1.82) is 0 Å².